The third-order valence-electron chi connectivity index (χ3n) is 4.24. The SMILES string of the molecule is Cc1cc(C)c2nccc(Nc3cccc4ccccc34)c2c1. The maximum absolute atomic E-state index is 4.55. The molecule has 1 heterocycles. The van der Waals surface area contributed by atoms with Crippen LogP contribution < -0.4 is 5.32 Å². The van der Waals surface area contributed by atoms with E-state index in [2.05, 4.69) is 78.7 Å². The van der Waals surface area contributed by atoms with Crippen molar-refractivity contribution in [2.75, 3.05) is 5.32 Å². The molecule has 0 unspecified atom stereocenters. The van der Waals surface area contributed by atoms with Gasteiger partial charge in [-0.2, -0.15) is 0 Å². The van der Waals surface area contributed by atoms with Crippen LogP contribution in [0.4, 0.5) is 11.4 Å². The number of anilines is 2. The van der Waals surface area contributed by atoms with Crippen molar-refractivity contribution in [3.05, 3.63) is 78.0 Å². The number of benzene rings is 3. The van der Waals surface area contributed by atoms with Gasteiger partial charge in [-0.05, 0) is 43.0 Å². The monoisotopic (exact) mass is 298 g/mol. The molecule has 0 spiro atoms. The van der Waals surface area contributed by atoms with Crippen LogP contribution in [0, 0.1) is 13.8 Å². The van der Waals surface area contributed by atoms with Gasteiger partial charge in [0.05, 0.1) is 5.52 Å². The molecule has 0 radical (unpaired) electrons. The largest absolute Gasteiger partial charge is 0.354 e. The quantitative estimate of drug-likeness (QED) is 0.510. The van der Waals surface area contributed by atoms with E-state index in [0.29, 0.717) is 0 Å². The summed E-state index contributed by atoms with van der Waals surface area (Å²) < 4.78 is 0. The zero-order valence-corrected chi connectivity index (χ0v) is 13.3. The molecule has 0 fully saturated rings. The fourth-order valence-electron chi connectivity index (χ4n) is 3.20. The average molecular weight is 298 g/mol. The average Bonchev–Trinajstić information content (AvgIpc) is 2.56. The highest BCUT2D eigenvalue weighted by Gasteiger charge is 2.07. The molecule has 4 rings (SSSR count). The Hall–Kier alpha value is -2.87. The topological polar surface area (TPSA) is 24.9 Å². The first-order valence-electron chi connectivity index (χ1n) is 7.83. The number of nitrogens with zero attached hydrogens (tertiary/aromatic N) is 1. The van der Waals surface area contributed by atoms with Gasteiger partial charge in [-0.3, -0.25) is 4.98 Å². The van der Waals surface area contributed by atoms with Crippen LogP contribution in [0.15, 0.2) is 66.9 Å². The number of fused-ring (bicyclic) bond motifs is 2. The van der Waals surface area contributed by atoms with Crippen LogP contribution in [0.1, 0.15) is 11.1 Å². The molecule has 1 N–H and O–H groups in total. The Morgan fingerprint density at radius 1 is 0.783 bits per heavy atom. The van der Waals surface area contributed by atoms with E-state index in [4.69, 9.17) is 0 Å². The lowest BCUT2D eigenvalue weighted by molar-refractivity contribution is 1.34. The first-order valence-corrected chi connectivity index (χ1v) is 7.83. The highest BCUT2D eigenvalue weighted by Crippen LogP contribution is 2.31. The standard InChI is InChI=1S/C21H18N2/c1-14-12-15(2)21-18(13-14)20(10-11-22-21)23-19-9-5-7-16-6-3-4-8-17(16)19/h3-13H,1-2H3,(H,22,23). The number of hydrogen-bond donors (Lipinski definition) is 1. The van der Waals surface area contributed by atoms with Crippen molar-refractivity contribution >= 4 is 33.1 Å². The summed E-state index contributed by atoms with van der Waals surface area (Å²) in [4.78, 5) is 4.55. The summed E-state index contributed by atoms with van der Waals surface area (Å²) in [7, 11) is 0. The van der Waals surface area contributed by atoms with Crippen LogP contribution in [0.5, 0.6) is 0 Å². The van der Waals surface area contributed by atoms with Crippen LogP contribution in [0.3, 0.4) is 0 Å². The van der Waals surface area contributed by atoms with Crippen molar-refractivity contribution in [1.82, 2.24) is 4.98 Å². The lowest BCUT2D eigenvalue weighted by Crippen LogP contribution is -1.95. The van der Waals surface area contributed by atoms with Gasteiger partial charge >= 0.3 is 0 Å². The molecule has 0 saturated carbocycles. The van der Waals surface area contributed by atoms with E-state index in [-0.39, 0.29) is 0 Å². The fourth-order valence-corrected chi connectivity index (χ4v) is 3.20. The van der Waals surface area contributed by atoms with Gasteiger partial charge < -0.3 is 5.32 Å². The summed E-state index contributed by atoms with van der Waals surface area (Å²) in [6.45, 7) is 4.24. The molecule has 112 valence electrons. The number of aromatic nitrogens is 1. The second kappa shape index (κ2) is 5.40. The number of rotatable bonds is 2. The molecule has 1 aromatic heterocycles. The van der Waals surface area contributed by atoms with E-state index < -0.39 is 0 Å². The summed E-state index contributed by atoms with van der Waals surface area (Å²) in [6.07, 6.45) is 1.87. The summed E-state index contributed by atoms with van der Waals surface area (Å²) in [6, 6.07) is 21.2. The second-order valence-electron chi connectivity index (χ2n) is 5.99. The lowest BCUT2D eigenvalue weighted by atomic mass is 10.0. The van der Waals surface area contributed by atoms with Crippen LogP contribution in [0.2, 0.25) is 0 Å². The Bertz CT molecular complexity index is 1010. The van der Waals surface area contributed by atoms with E-state index in [1.54, 1.807) is 0 Å². The Kier molecular flexibility index (Phi) is 3.23. The number of hydrogen-bond acceptors (Lipinski definition) is 2. The minimum atomic E-state index is 1.06. The van der Waals surface area contributed by atoms with Gasteiger partial charge in [-0.15, -0.1) is 0 Å². The maximum atomic E-state index is 4.55. The Morgan fingerprint density at radius 3 is 2.48 bits per heavy atom. The molecule has 0 aliphatic rings. The molecule has 2 nitrogen and oxygen atoms in total. The normalized spacial score (nSPS) is 11.0. The smallest absolute Gasteiger partial charge is 0.0752 e. The lowest BCUT2D eigenvalue weighted by Gasteiger charge is -2.13. The molecule has 0 aliphatic heterocycles. The third-order valence-corrected chi connectivity index (χ3v) is 4.24. The van der Waals surface area contributed by atoms with Crippen molar-refractivity contribution < 1.29 is 0 Å². The molecule has 3 aromatic carbocycles. The number of pyridine rings is 1. The van der Waals surface area contributed by atoms with E-state index >= 15 is 0 Å². The van der Waals surface area contributed by atoms with Gasteiger partial charge in [0.25, 0.3) is 0 Å². The third kappa shape index (κ3) is 2.42. The first-order chi connectivity index (χ1) is 11.2. The Labute approximate surface area is 135 Å². The van der Waals surface area contributed by atoms with E-state index in [0.717, 1.165) is 22.3 Å². The molecule has 0 aliphatic carbocycles. The van der Waals surface area contributed by atoms with Gasteiger partial charge in [-0.1, -0.05) is 48.0 Å². The van der Waals surface area contributed by atoms with Crippen molar-refractivity contribution in [3.63, 3.8) is 0 Å². The zero-order chi connectivity index (χ0) is 15.8. The molecule has 23 heavy (non-hydrogen) atoms. The van der Waals surface area contributed by atoms with Crippen LogP contribution in [0.25, 0.3) is 21.7 Å². The van der Waals surface area contributed by atoms with Gasteiger partial charge in [0.2, 0.25) is 0 Å². The van der Waals surface area contributed by atoms with E-state index in [1.165, 1.54) is 21.9 Å². The summed E-state index contributed by atoms with van der Waals surface area (Å²) in [5.41, 5.74) is 5.74. The van der Waals surface area contributed by atoms with E-state index in [9.17, 15) is 0 Å². The maximum Gasteiger partial charge on any atom is 0.0752 e. The van der Waals surface area contributed by atoms with E-state index in [1.807, 2.05) is 12.3 Å². The predicted molar refractivity (Wildman–Crippen MR) is 98.4 cm³/mol. The predicted octanol–water partition coefficient (Wildman–Crippen LogP) is 5.75. The van der Waals surface area contributed by atoms with Crippen molar-refractivity contribution in [1.29, 1.82) is 0 Å². The van der Waals surface area contributed by atoms with Crippen LogP contribution in [-0.2, 0) is 0 Å². The van der Waals surface area contributed by atoms with Gasteiger partial charge in [0.1, 0.15) is 0 Å². The number of aryl methyl sites for hydroxylation is 2. The zero-order valence-electron chi connectivity index (χ0n) is 13.3. The summed E-state index contributed by atoms with van der Waals surface area (Å²) in [5, 5.41) is 7.23. The molecule has 0 amide bonds. The molecule has 0 atom stereocenters. The Balaban J connectivity index is 1.90. The second-order valence-corrected chi connectivity index (χ2v) is 5.99. The first kappa shape index (κ1) is 13.8. The molecule has 4 aromatic rings. The van der Waals surface area contributed by atoms with Gasteiger partial charge in [0, 0.05) is 28.3 Å². The highest BCUT2D eigenvalue weighted by molar-refractivity contribution is 6.00. The van der Waals surface area contributed by atoms with Crippen molar-refractivity contribution in [2.45, 2.75) is 13.8 Å². The fraction of sp³-hybridized carbons (Fsp3) is 0.0952. The molecule has 2 heteroatoms. The van der Waals surface area contributed by atoms with Crippen molar-refractivity contribution in [2.24, 2.45) is 0 Å². The molecule has 0 saturated heterocycles. The van der Waals surface area contributed by atoms with Crippen LogP contribution >= 0.6 is 0 Å². The summed E-state index contributed by atoms with van der Waals surface area (Å²) >= 11 is 0. The molecule has 0 bridgehead atoms. The highest BCUT2D eigenvalue weighted by atomic mass is 14.9. The minimum absolute atomic E-state index is 1.06. The van der Waals surface area contributed by atoms with Gasteiger partial charge in [-0.25, -0.2) is 0 Å². The van der Waals surface area contributed by atoms with Crippen molar-refractivity contribution in [3.8, 4) is 0 Å². The Morgan fingerprint density at radius 2 is 1.57 bits per heavy atom. The molecular weight excluding hydrogens is 280 g/mol. The van der Waals surface area contributed by atoms with Crippen LogP contribution in [-0.4, -0.2) is 4.98 Å². The number of nitrogens with one attached hydrogen (secondary N) is 1. The summed E-state index contributed by atoms with van der Waals surface area (Å²) in [5.74, 6) is 0. The van der Waals surface area contributed by atoms with Gasteiger partial charge in [0.15, 0.2) is 0 Å². The minimum Gasteiger partial charge on any atom is -0.354 e. The molecular formula is C21H18N2.